The molecule has 0 aliphatic rings. The van der Waals surface area contributed by atoms with E-state index in [0.717, 1.165) is 0 Å². The van der Waals surface area contributed by atoms with Crippen molar-refractivity contribution in [2.75, 3.05) is 7.05 Å². The second kappa shape index (κ2) is 5.91. The highest BCUT2D eigenvalue weighted by Gasteiger charge is 2.18. The molecule has 0 fully saturated rings. The Morgan fingerprint density at radius 2 is 1.82 bits per heavy atom. The minimum Gasteiger partial charge on any atom is -0.299 e. The Bertz CT molecular complexity index is 393. The van der Waals surface area contributed by atoms with Crippen LogP contribution in [0.3, 0.4) is 0 Å². The molecule has 0 radical (unpaired) electrons. The largest absolute Gasteiger partial charge is 0.299 e. The summed E-state index contributed by atoms with van der Waals surface area (Å²) >= 11 is 3.08. The van der Waals surface area contributed by atoms with Crippen molar-refractivity contribution in [3.05, 3.63) is 33.8 Å². The van der Waals surface area contributed by atoms with Gasteiger partial charge in [0.05, 0.1) is 4.47 Å². The van der Waals surface area contributed by atoms with Crippen LogP contribution in [-0.4, -0.2) is 18.0 Å². The van der Waals surface area contributed by atoms with Gasteiger partial charge in [0.25, 0.3) is 0 Å². The second-order valence-corrected chi connectivity index (χ2v) is 5.58. The number of nitrogens with zero attached hydrogens (tertiary/aromatic N) is 1. The molecular weight excluding hydrogens is 288 g/mol. The monoisotopic (exact) mass is 305 g/mol. The van der Waals surface area contributed by atoms with Gasteiger partial charge in [-0.3, -0.25) is 4.90 Å². The lowest BCUT2D eigenvalue weighted by Crippen LogP contribution is -2.33. The van der Waals surface area contributed by atoms with Crippen LogP contribution in [0, 0.1) is 17.6 Å². The quantitative estimate of drug-likeness (QED) is 0.753. The maximum absolute atomic E-state index is 13.8. The summed E-state index contributed by atoms with van der Waals surface area (Å²) in [6, 6.07) is 2.95. The van der Waals surface area contributed by atoms with Crippen LogP contribution in [0.15, 0.2) is 16.6 Å². The van der Waals surface area contributed by atoms with Crippen LogP contribution < -0.4 is 0 Å². The molecule has 0 spiro atoms. The lowest BCUT2D eigenvalue weighted by Gasteiger charge is -2.28. The highest BCUT2D eigenvalue weighted by atomic mass is 79.9. The summed E-state index contributed by atoms with van der Waals surface area (Å²) in [5, 5.41) is 0. The summed E-state index contributed by atoms with van der Waals surface area (Å²) < 4.78 is 27.6. The molecule has 0 aromatic heterocycles. The summed E-state index contributed by atoms with van der Waals surface area (Å²) in [4.78, 5) is 1.96. The zero-order valence-electron chi connectivity index (χ0n) is 10.6. The smallest absolute Gasteiger partial charge is 0.144 e. The summed E-state index contributed by atoms with van der Waals surface area (Å²) in [5.41, 5.74) is 0.120. The fourth-order valence-corrected chi connectivity index (χ4v) is 1.99. The van der Waals surface area contributed by atoms with Crippen molar-refractivity contribution in [1.29, 1.82) is 0 Å². The Hall–Kier alpha value is -0.480. The van der Waals surface area contributed by atoms with Crippen molar-refractivity contribution in [3.8, 4) is 0 Å². The first kappa shape index (κ1) is 14.6. The van der Waals surface area contributed by atoms with E-state index in [0.29, 0.717) is 10.4 Å². The van der Waals surface area contributed by atoms with E-state index in [1.807, 2.05) is 11.9 Å². The van der Waals surface area contributed by atoms with Gasteiger partial charge in [0.15, 0.2) is 0 Å². The Kier molecular flexibility index (Phi) is 5.07. The molecule has 96 valence electrons. The first-order chi connectivity index (χ1) is 7.84. The van der Waals surface area contributed by atoms with Crippen molar-refractivity contribution in [3.63, 3.8) is 0 Å². The third-order valence-corrected chi connectivity index (χ3v) is 3.82. The molecule has 0 aliphatic heterocycles. The van der Waals surface area contributed by atoms with E-state index in [9.17, 15) is 8.78 Å². The maximum Gasteiger partial charge on any atom is 0.144 e. The van der Waals surface area contributed by atoms with Gasteiger partial charge in [0.1, 0.15) is 11.6 Å². The van der Waals surface area contributed by atoms with Gasteiger partial charge in [-0.05, 0) is 48.0 Å². The average molecular weight is 306 g/mol. The van der Waals surface area contributed by atoms with Crippen LogP contribution >= 0.6 is 15.9 Å². The molecular formula is C13H18BrF2N. The van der Waals surface area contributed by atoms with E-state index in [1.165, 1.54) is 12.1 Å². The molecule has 1 atom stereocenters. The molecule has 4 heteroatoms. The third kappa shape index (κ3) is 3.49. The van der Waals surface area contributed by atoms with Crippen LogP contribution in [0.5, 0.6) is 0 Å². The van der Waals surface area contributed by atoms with Gasteiger partial charge in [0, 0.05) is 18.2 Å². The SMILES string of the molecule is CC(C)C(C)N(C)Cc1c(F)ccc(Br)c1F. The molecule has 17 heavy (non-hydrogen) atoms. The van der Waals surface area contributed by atoms with Gasteiger partial charge in [-0.25, -0.2) is 8.78 Å². The molecule has 0 amide bonds. The summed E-state index contributed by atoms with van der Waals surface area (Å²) in [6.07, 6.45) is 0. The van der Waals surface area contributed by atoms with Crippen molar-refractivity contribution in [2.24, 2.45) is 5.92 Å². The molecule has 0 aliphatic carbocycles. The fraction of sp³-hybridized carbons (Fsp3) is 0.538. The van der Waals surface area contributed by atoms with E-state index >= 15 is 0 Å². The van der Waals surface area contributed by atoms with E-state index in [4.69, 9.17) is 0 Å². The lowest BCUT2D eigenvalue weighted by atomic mass is 10.0. The van der Waals surface area contributed by atoms with E-state index in [-0.39, 0.29) is 18.2 Å². The van der Waals surface area contributed by atoms with E-state index < -0.39 is 11.6 Å². The van der Waals surface area contributed by atoms with E-state index in [2.05, 4.69) is 36.7 Å². The van der Waals surface area contributed by atoms with Gasteiger partial charge in [0.2, 0.25) is 0 Å². The van der Waals surface area contributed by atoms with Crippen molar-refractivity contribution >= 4 is 15.9 Å². The Morgan fingerprint density at radius 1 is 1.24 bits per heavy atom. The Labute approximate surface area is 110 Å². The molecule has 0 saturated carbocycles. The third-order valence-electron chi connectivity index (χ3n) is 3.21. The first-order valence-electron chi connectivity index (χ1n) is 5.67. The zero-order chi connectivity index (χ0) is 13.2. The average Bonchev–Trinajstić information content (AvgIpc) is 2.28. The second-order valence-electron chi connectivity index (χ2n) is 4.72. The van der Waals surface area contributed by atoms with Crippen molar-refractivity contribution in [1.82, 2.24) is 4.90 Å². The van der Waals surface area contributed by atoms with Crippen LogP contribution in [-0.2, 0) is 6.54 Å². The van der Waals surface area contributed by atoms with Crippen molar-refractivity contribution < 1.29 is 8.78 Å². The minimum atomic E-state index is -0.507. The van der Waals surface area contributed by atoms with Crippen LogP contribution in [0.25, 0.3) is 0 Å². The molecule has 1 aromatic rings. The van der Waals surface area contributed by atoms with Crippen LogP contribution in [0.4, 0.5) is 8.78 Å². The molecule has 0 N–H and O–H groups in total. The standard InChI is InChI=1S/C13H18BrF2N/c1-8(2)9(3)17(4)7-10-12(15)6-5-11(14)13(10)16/h5-6,8-9H,7H2,1-4H3. The number of halogens is 3. The van der Waals surface area contributed by atoms with Crippen LogP contribution in [0.2, 0.25) is 0 Å². The molecule has 0 bridgehead atoms. The molecule has 1 aromatic carbocycles. The van der Waals surface area contributed by atoms with Gasteiger partial charge in [-0.15, -0.1) is 0 Å². The molecule has 0 saturated heterocycles. The van der Waals surface area contributed by atoms with E-state index in [1.54, 1.807) is 0 Å². The topological polar surface area (TPSA) is 3.24 Å². The number of benzene rings is 1. The van der Waals surface area contributed by atoms with Crippen LogP contribution in [0.1, 0.15) is 26.3 Å². The van der Waals surface area contributed by atoms with Gasteiger partial charge < -0.3 is 0 Å². The predicted molar refractivity (Wildman–Crippen MR) is 69.8 cm³/mol. The summed E-state index contributed by atoms with van der Waals surface area (Å²) in [6.45, 7) is 6.51. The Morgan fingerprint density at radius 3 is 2.35 bits per heavy atom. The zero-order valence-corrected chi connectivity index (χ0v) is 12.2. The number of hydrogen-bond acceptors (Lipinski definition) is 1. The number of hydrogen-bond donors (Lipinski definition) is 0. The highest BCUT2D eigenvalue weighted by molar-refractivity contribution is 9.10. The fourth-order valence-electron chi connectivity index (χ4n) is 1.62. The molecule has 1 nitrogen and oxygen atoms in total. The van der Waals surface area contributed by atoms with Gasteiger partial charge >= 0.3 is 0 Å². The van der Waals surface area contributed by atoms with Gasteiger partial charge in [-0.2, -0.15) is 0 Å². The normalized spacial score (nSPS) is 13.5. The summed E-state index contributed by atoms with van der Waals surface area (Å²) in [5.74, 6) is -0.556. The molecule has 1 rings (SSSR count). The summed E-state index contributed by atoms with van der Waals surface area (Å²) in [7, 11) is 1.88. The first-order valence-corrected chi connectivity index (χ1v) is 6.46. The number of rotatable bonds is 4. The van der Waals surface area contributed by atoms with Crippen molar-refractivity contribution in [2.45, 2.75) is 33.4 Å². The molecule has 1 unspecified atom stereocenters. The lowest BCUT2D eigenvalue weighted by molar-refractivity contribution is 0.195. The maximum atomic E-state index is 13.8. The molecule has 0 heterocycles. The van der Waals surface area contributed by atoms with Gasteiger partial charge in [-0.1, -0.05) is 13.8 Å². The Balaban J connectivity index is 2.92. The highest BCUT2D eigenvalue weighted by Crippen LogP contribution is 2.23. The minimum absolute atomic E-state index is 0.120. The predicted octanol–water partition coefficient (Wildman–Crippen LogP) is 4.20.